The Kier molecular flexibility index (Phi) is 4.36. The van der Waals surface area contributed by atoms with Crippen molar-refractivity contribution in [2.75, 3.05) is 13.1 Å². The summed E-state index contributed by atoms with van der Waals surface area (Å²) in [6.45, 7) is 3.42. The molecule has 102 valence electrons. The molecule has 3 N–H and O–H groups in total. The average Bonchev–Trinajstić information content (AvgIpc) is 2.99. The zero-order valence-corrected chi connectivity index (χ0v) is 11.4. The van der Waals surface area contributed by atoms with Gasteiger partial charge in [-0.05, 0) is 25.8 Å². The summed E-state index contributed by atoms with van der Waals surface area (Å²) in [7, 11) is -3.44. The Labute approximate surface area is 108 Å². The van der Waals surface area contributed by atoms with E-state index in [0.29, 0.717) is 24.8 Å². The third-order valence-electron chi connectivity index (χ3n) is 3.18. The van der Waals surface area contributed by atoms with E-state index in [1.807, 2.05) is 6.92 Å². The van der Waals surface area contributed by atoms with Crippen molar-refractivity contribution in [3.05, 3.63) is 12.0 Å². The highest BCUT2D eigenvalue weighted by Crippen LogP contribution is 2.09. The van der Waals surface area contributed by atoms with Gasteiger partial charge in [-0.2, -0.15) is 0 Å². The monoisotopic (exact) mass is 272 g/mol. The third-order valence-corrected chi connectivity index (χ3v) is 4.55. The molecule has 1 fully saturated rings. The molecule has 0 aliphatic carbocycles. The molecule has 18 heavy (non-hydrogen) atoms. The number of aromatic amines is 1. The predicted octanol–water partition coefficient (Wildman–Crippen LogP) is 0.393. The van der Waals surface area contributed by atoms with E-state index in [1.54, 1.807) is 0 Å². The lowest BCUT2D eigenvalue weighted by Gasteiger charge is -2.10. The topological polar surface area (TPSA) is 86.9 Å². The number of nitrogens with one attached hydrogen (secondary N) is 3. The van der Waals surface area contributed by atoms with Gasteiger partial charge in [0.15, 0.2) is 5.03 Å². The minimum absolute atomic E-state index is 0.152. The Bertz CT molecular complexity index is 477. The van der Waals surface area contributed by atoms with Gasteiger partial charge in [0.2, 0.25) is 0 Å². The molecule has 1 atom stereocenters. The van der Waals surface area contributed by atoms with Crippen LogP contribution < -0.4 is 10.0 Å². The van der Waals surface area contributed by atoms with Crippen molar-refractivity contribution in [2.24, 2.45) is 0 Å². The highest BCUT2D eigenvalue weighted by molar-refractivity contribution is 7.89. The number of aryl methyl sites for hydroxylation is 1. The summed E-state index contributed by atoms with van der Waals surface area (Å²) < 4.78 is 26.5. The molecule has 0 amide bonds. The van der Waals surface area contributed by atoms with Gasteiger partial charge >= 0.3 is 0 Å². The van der Waals surface area contributed by atoms with Gasteiger partial charge in [0.1, 0.15) is 5.82 Å². The fraction of sp³-hybridized carbons (Fsp3) is 0.727. The second-order valence-corrected chi connectivity index (χ2v) is 6.26. The first-order valence-electron chi connectivity index (χ1n) is 6.39. The normalized spacial score (nSPS) is 20.4. The summed E-state index contributed by atoms with van der Waals surface area (Å²) in [6, 6.07) is 0.445. The summed E-state index contributed by atoms with van der Waals surface area (Å²) in [4.78, 5) is 6.80. The lowest BCUT2D eigenvalue weighted by atomic mass is 10.2. The zero-order chi connectivity index (χ0) is 13.0. The minimum Gasteiger partial charge on any atom is -0.332 e. The van der Waals surface area contributed by atoms with Gasteiger partial charge in [-0.1, -0.05) is 6.92 Å². The van der Waals surface area contributed by atoms with Crippen LogP contribution in [0.3, 0.4) is 0 Å². The number of imidazole rings is 1. The van der Waals surface area contributed by atoms with E-state index in [4.69, 9.17) is 0 Å². The summed E-state index contributed by atoms with van der Waals surface area (Å²) in [5.41, 5.74) is 0. The summed E-state index contributed by atoms with van der Waals surface area (Å²) in [5.74, 6) is 0.688. The highest BCUT2D eigenvalue weighted by Gasteiger charge is 2.18. The van der Waals surface area contributed by atoms with Gasteiger partial charge in [-0.25, -0.2) is 18.1 Å². The highest BCUT2D eigenvalue weighted by atomic mass is 32.2. The van der Waals surface area contributed by atoms with Crippen LogP contribution >= 0.6 is 0 Å². The van der Waals surface area contributed by atoms with E-state index in [0.717, 1.165) is 19.4 Å². The van der Waals surface area contributed by atoms with Crippen molar-refractivity contribution in [1.82, 2.24) is 20.0 Å². The van der Waals surface area contributed by atoms with Crippen LogP contribution in [-0.4, -0.2) is 37.5 Å². The molecule has 0 saturated carbocycles. The lowest BCUT2D eigenvalue weighted by molar-refractivity contribution is 0.538. The van der Waals surface area contributed by atoms with E-state index in [2.05, 4.69) is 20.0 Å². The molecule has 1 aliphatic heterocycles. The van der Waals surface area contributed by atoms with Gasteiger partial charge in [0, 0.05) is 19.0 Å². The Morgan fingerprint density at radius 1 is 1.56 bits per heavy atom. The molecule has 0 unspecified atom stereocenters. The number of H-pyrrole nitrogens is 1. The molecule has 1 aromatic rings. The van der Waals surface area contributed by atoms with Crippen molar-refractivity contribution in [1.29, 1.82) is 0 Å². The van der Waals surface area contributed by atoms with Crippen LogP contribution in [0.1, 0.15) is 32.0 Å². The number of nitrogens with zero attached hydrogens (tertiary/aromatic N) is 1. The molecule has 1 saturated heterocycles. The first kappa shape index (κ1) is 13.5. The number of aromatic nitrogens is 2. The Hall–Kier alpha value is -0.920. The molecular formula is C11H20N4O2S. The number of hydrogen-bond donors (Lipinski definition) is 3. The van der Waals surface area contributed by atoms with Gasteiger partial charge in [-0.15, -0.1) is 0 Å². The fourth-order valence-corrected chi connectivity index (χ4v) is 3.09. The first-order valence-corrected chi connectivity index (χ1v) is 7.87. The zero-order valence-electron chi connectivity index (χ0n) is 10.6. The van der Waals surface area contributed by atoms with Crippen molar-refractivity contribution < 1.29 is 8.42 Å². The molecule has 0 spiro atoms. The van der Waals surface area contributed by atoms with Gasteiger partial charge < -0.3 is 10.3 Å². The molecule has 7 heteroatoms. The minimum atomic E-state index is -3.44. The maximum atomic E-state index is 11.9. The Morgan fingerprint density at radius 2 is 2.39 bits per heavy atom. The SMILES string of the molecule is CCc1ncc(S(=O)(=O)NCC[C@H]2CCCN2)[nH]1. The van der Waals surface area contributed by atoms with Crippen LogP contribution in [0.15, 0.2) is 11.2 Å². The number of sulfonamides is 1. The Balaban J connectivity index is 1.86. The average molecular weight is 272 g/mol. The maximum absolute atomic E-state index is 11.9. The van der Waals surface area contributed by atoms with Crippen LogP contribution in [0.5, 0.6) is 0 Å². The molecule has 1 aliphatic rings. The second kappa shape index (κ2) is 5.81. The van der Waals surface area contributed by atoms with Crippen LogP contribution in [0, 0.1) is 0 Å². The van der Waals surface area contributed by atoms with E-state index >= 15 is 0 Å². The maximum Gasteiger partial charge on any atom is 0.257 e. The molecule has 0 aromatic carbocycles. The predicted molar refractivity (Wildman–Crippen MR) is 68.8 cm³/mol. The van der Waals surface area contributed by atoms with Gasteiger partial charge in [0.05, 0.1) is 6.20 Å². The second-order valence-electron chi connectivity index (χ2n) is 4.53. The molecular weight excluding hydrogens is 252 g/mol. The molecule has 1 aromatic heterocycles. The van der Waals surface area contributed by atoms with Crippen LogP contribution in [0.2, 0.25) is 0 Å². The van der Waals surface area contributed by atoms with Crippen LogP contribution in [-0.2, 0) is 16.4 Å². The van der Waals surface area contributed by atoms with Crippen molar-refractivity contribution in [3.63, 3.8) is 0 Å². The van der Waals surface area contributed by atoms with Crippen molar-refractivity contribution >= 4 is 10.0 Å². The van der Waals surface area contributed by atoms with Crippen molar-refractivity contribution in [3.8, 4) is 0 Å². The van der Waals surface area contributed by atoms with E-state index in [9.17, 15) is 8.42 Å². The molecule has 2 rings (SSSR count). The lowest BCUT2D eigenvalue weighted by Crippen LogP contribution is -2.30. The largest absolute Gasteiger partial charge is 0.332 e. The first-order chi connectivity index (χ1) is 8.62. The molecule has 0 bridgehead atoms. The number of rotatable bonds is 6. The molecule has 2 heterocycles. The fourth-order valence-electron chi connectivity index (χ4n) is 2.11. The van der Waals surface area contributed by atoms with Crippen LogP contribution in [0.4, 0.5) is 0 Å². The molecule has 6 nitrogen and oxygen atoms in total. The molecule has 0 radical (unpaired) electrons. The smallest absolute Gasteiger partial charge is 0.257 e. The summed E-state index contributed by atoms with van der Waals surface area (Å²) >= 11 is 0. The van der Waals surface area contributed by atoms with Crippen LogP contribution in [0.25, 0.3) is 0 Å². The Morgan fingerprint density at radius 3 is 3.00 bits per heavy atom. The van der Waals surface area contributed by atoms with E-state index in [1.165, 1.54) is 12.6 Å². The number of hydrogen-bond acceptors (Lipinski definition) is 4. The quantitative estimate of drug-likeness (QED) is 0.699. The standard InChI is InChI=1S/C11H20N4O2S/c1-2-10-13-8-11(15-10)18(16,17)14-7-5-9-4-3-6-12-9/h8-9,12,14H,2-7H2,1H3,(H,13,15)/t9-/m1/s1. The van der Waals surface area contributed by atoms with Crippen molar-refractivity contribution in [2.45, 2.75) is 43.7 Å². The van der Waals surface area contributed by atoms with E-state index < -0.39 is 10.0 Å². The van der Waals surface area contributed by atoms with E-state index in [-0.39, 0.29) is 5.03 Å². The van der Waals surface area contributed by atoms with Gasteiger partial charge in [-0.3, -0.25) is 0 Å². The third kappa shape index (κ3) is 3.30. The summed E-state index contributed by atoms with van der Waals surface area (Å²) in [6.07, 6.45) is 5.20. The van der Waals surface area contributed by atoms with Gasteiger partial charge in [0.25, 0.3) is 10.0 Å². The summed E-state index contributed by atoms with van der Waals surface area (Å²) in [5, 5.41) is 3.49.